The molecule has 0 saturated heterocycles. The van der Waals surface area contributed by atoms with E-state index in [9.17, 15) is 8.78 Å². The van der Waals surface area contributed by atoms with Gasteiger partial charge >= 0.3 is 0 Å². The minimum atomic E-state index is -0.820. The van der Waals surface area contributed by atoms with Crippen molar-refractivity contribution in [1.82, 2.24) is 0 Å². The van der Waals surface area contributed by atoms with Crippen LogP contribution in [0.3, 0.4) is 0 Å². The van der Waals surface area contributed by atoms with Gasteiger partial charge in [-0.1, -0.05) is 6.07 Å². The van der Waals surface area contributed by atoms with E-state index in [2.05, 4.69) is 0 Å². The maximum Gasteiger partial charge on any atom is 0.162 e. The highest BCUT2D eigenvalue weighted by Crippen LogP contribution is 2.14. The lowest BCUT2D eigenvalue weighted by Crippen LogP contribution is -2.02. The summed E-state index contributed by atoms with van der Waals surface area (Å²) in [5.41, 5.74) is 6.22. The largest absolute Gasteiger partial charge is 0.326 e. The van der Waals surface area contributed by atoms with E-state index in [4.69, 9.17) is 5.73 Å². The Morgan fingerprint density at radius 1 is 1.36 bits per heavy atom. The molecular weight excluding hydrogens is 148 g/mol. The quantitative estimate of drug-likeness (QED) is 0.660. The van der Waals surface area contributed by atoms with E-state index in [1.807, 2.05) is 0 Å². The first-order valence-corrected chi connectivity index (χ1v) is 3.30. The highest BCUT2D eigenvalue weighted by Gasteiger charge is 2.07. The molecule has 1 rings (SSSR count). The third-order valence-electron chi connectivity index (χ3n) is 1.67. The van der Waals surface area contributed by atoms with Crippen LogP contribution in [0.15, 0.2) is 12.1 Å². The molecule has 0 atom stereocenters. The lowest BCUT2D eigenvalue weighted by Gasteiger charge is -2.03. The molecule has 2 N–H and O–H groups in total. The van der Waals surface area contributed by atoms with Gasteiger partial charge in [0.2, 0.25) is 0 Å². The van der Waals surface area contributed by atoms with Crippen molar-refractivity contribution in [1.29, 1.82) is 0 Å². The van der Waals surface area contributed by atoms with Crippen LogP contribution in [0, 0.1) is 18.6 Å². The molecule has 0 aliphatic heterocycles. The van der Waals surface area contributed by atoms with E-state index in [0.29, 0.717) is 11.1 Å². The molecule has 1 aromatic rings. The summed E-state index contributed by atoms with van der Waals surface area (Å²) in [6.45, 7) is 1.75. The van der Waals surface area contributed by atoms with Crippen LogP contribution in [0.5, 0.6) is 0 Å². The number of nitrogens with two attached hydrogens (primary N) is 1. The molecule has 0 spiro atoms. The lowest BCUT2D eigenvalue weighted by atomic mass is 10.1. The zero-order valence-corrected chi connectivity index (χ0v) is 6.20. The summed E-state index contributed by atoms with van der Waals surface area (Å²) in [6.07, 6.45) is 0. The Morgan fingerprint density at radius 3 is 2.55 bits per heavy atom. The monoisotopic (exact) mass is 157 g/mol. The van der Waals surface area contributed by atoms with Crippen molar-refractivity contribution in [2.45, 2.75) is 13.5 Å². The summed E-state index contributed by atoms with van der Waals surface area (Å²) >= 11 is 0. The van der Waals surface area contributed by atoms with Gasteiger partial charge in [0.25, 0.3) is 0 Å². The molecule has 1 nitrogen and oxygen atoms in total. The standard InChI is InChI=1S/C8H9F2N/c1-5-6(4-11)2-3-7(9)8(5)10/h2-3H,4,11H2,1H3. The summed E-state index contributed by atoms with van der Waals surface area (Å²) in [6, 6.07) is 2.58. The smallest absolute Gasteiger partial charge is 0.162 e. The Kier molecular flexibility index (Phi) is 2.19. The molecule has 0 fully saturated rings. The number of rotatable bonds is 1. The fourth-order valence-electron chi connectivity index (χ4n) is 0.913. The molecule has 0 radical (unpaired) electrons. The van der Waals surface area contributed by atoms with Crippen LogP contribution in [0.2, 0.25) is 0 Å². The van der Waals surface area contributed by atoms with Crippen molar-refractivity contribution in [2.75, 3.05) is 0 Å². The fraction of sp³-hybridized carbons (Fsp3) is 0.250. The third kappa shape index (κ3) is 1.38. The van der Waals surface area contributed by atoms with Crippen LogP contribution >= 0.6 is 0 Å². The molecule has 1 aromatic carbocycles. The van der Waals surface area contributed by atoms with Gasteiger partial charge in [-0.2, -0.15) is 0 Å². The molecule has 11 heavy (non-hydrogen) atoms. The van der Waals surface area contributed by atoms with Crippen LogP contribution in [-0.4, -0.2) is 0 Å². The molecule has 0 saturated carbocycles. The summed E-state index contributed by atoms with van der Waals surface area (Å²) < 4.78 is 25.2. The maximum atomic E-state index is 12.7. The summed E-state index contributed by atoms with van der Waals surface area (Å²) in [5.74, 6) is -1.62. The molecule has 0 bridgehead atoms. The molecular formula is C8H9F2N. The van der Waals surface area contributed by atoms with Gasteiger partial charge in [0.1, 0.15) is 0 Å². The van der Waals surface area contributed by atoms with Crippen LogP contribution in [0.4, 0.5) is 8.78 Å². The molecule has 0 aliphatic carbocycles. The van der Waals surface area contributed by atoms with E-state index in [-0.39, 0.29) is 6.54 Å². The van der Waals surface area contributed by atoms with Gasteiger partial charge < -0.3 is 5.73 Å². The van der Waals surface area contributed by atoms with E-state index < -0.39 is 11.6 Å². The Morgan fingerprint density at radius 2 is 2.00 bits per heavy atom. The van der Waals surface area contributed by atoms with Gasteiger partial charge in [-0.25, -0.2) is 8.78 Å². The van der Waals surface area contributed by atoms with Gasteiger partial charge in [0.15, 0.2) is 11.6 Å². The number of hydrogen-bond acceptors (Lipinski definition) is 1. The van der Waals surface area contributed by atoms with Crippen LogP contribution in [-0.2, 0) is 6.54 Å². The Hall–Kier alpha value is -0.960. The Bertz CT molecular complexity index is 271. The fourth-order valence-corrected chi connectivity index (χ4v) is 0.913. The van der Waals surface area contributed by atoms with Crippen molar-refractivity contribution in [3.05, 3.63) is 34.9 Å². The number of hydrogen-bond donors (Lipinski definition) is 1. The first kappa shape index (κ1) is 8.14. The van der Waals surface area contributed by atoms with Crippen LogP contribution < -0.4 is 5.73 Å². The highest BCUT2D eigenvalue weighted by atomic mass is 19.2. The number of benzene rings is 1. The van der Waals surface area contributed by atoms with E-state index in [0.717, 1.165) is 6.07 Å². The second-order valence-electron chi connectivity index (χ2n) is 2.35. The van der Waals surface area contributed by atoms with Gasteiger partial charge in [0, 0.05) is 6.54 Å². The average Bonchev–Trinajstić information content (AvgIpc) is 2.01. The van der Waals surface area contributed by atoms with Crippen molar-refractivity contribution in [2.24, 2.45) is 5.73 Å². The van der Waals surface area contributed by atoms with Crippen LogP contribution in [0.1, 0.15) is 11.1 Å². The molecule has 0 amide bonds. The topological polar surface area (TPSA) is 26.0 Å². The molecule has 0 aliphatic rings. The van der Waals surface area contributed by atoms with Crippen molar-refractivity contribution < 1.29 is 8.78 Å². The average molecular weight is 157 g/mol. The zero-order chi connectivity index (χ0) is 8.43. The van der Waals surface area contributed by atoms with Gasteiger partial charge in [-0.15, -0.1) is 0 Å². The predicted molar refractivity (Wildman–Crippen MR) is 39.0 cm³/mol. The first-order valence-electron chi connectivity index (χ1n) is 3.30. The molecule has 0 heterocycles. The lowest BCUT2D eigenvalue weighted by molar-refractivity contribution is 0.501. The van der Waals surface area contributed by atoms with Gasteiger partial charge in [0.05, 0.1) is 0 Å². The summed E-state index contributed by atoms with van der Waals surface area (Å²) in [5, 5.41) is 0. The Labute approximate surface area is 63.8 Å². The van der Waals surface area contributed by atoms with Crippen LogP contribution in [0.25, 0.3) is 0 Å². The third-order valence-corrected chi connectivity index (χ3v) is 1.67. The molecule has 60 valence electrons. The predicted octanol–water partition coefficient (Wildman–Crippen LogP) is 1.73. The van der Waals surface area contributed by atoms with E-state index in [1.54, 1.807) is 0 Å². The van der Waals surface area contributed by atoms with Crippen molar-refractivity contribution in [3.63, 3.8) is 0 Å². The SMILES string of the molecule is Cc1c(CN)ccc(F)c1F. The first-order chi connectivity index (χ1) is 5.16. The van der Waals surface area contributed by atoms with Gasteiger partial charge in [-0.05, 0) is 24.1 Å². The molecule has 0 aromatic heterocycles. The summed E-state index contributed by atoms with van der Waals surface area (Å²) in [4.78, 5) is 0. The summed E-state index contributed by atoms with van der Waals surface area (Å²) in [7, 11) is 0. The second-order valence-corrected chi connectivity index (χ2v) is 2.35. The Balaban J connectivity index is 3.25. The normalized spacial score (nSPS) is 10.2. The highest BCUT2D eigenvalue weighted by molar-refractivity contribution is 5.27. The van der Waals surface area contributed by atoms with Gasteiger partial charge in [-0.3, -0.25) is 0 Å². The van der Waals surface area contributed by atoms with Crippen molar-refractivity contribution >= 4 is 0 Å². The van der Waals surface area contributed by atoms with Crippen molar-refractivity contribution in [3.8, 4) is 0 Å². The molecule has 3 heteroatoms. The number of halogens is 2. The minimum Gasteiger partial charge on any atom is -0.326 e. The second kappa shape index (κ2) is 2.96. The molecule has 0 unspecified atom stereocenters. The minimum absolute atomic E-state index is 0.239. The van der Waals surface area contributed by atoms with E-state index >= 15 is 0 Å². The van der Waals surface area contributed by atoms with E-state index in [1.165, 1.54) is 13.0 Å². The maximum absolute atomic E-state index is 12.7. The zero-order valence-electron chi connectivity index (χ0n) is 6.20.